The zero-order valence-corrected chi connectivity index (χ0v) is 15.5. The van der Waals surface area contributed by atoms with Gasteiger partial charge in [-0.25, -0.2) is 15.0 Å². The van der Waals surface area contributed by atoms with Crippen molar-refractivity contribution < 1.29 is 4.74 Å². The molecule has 1 aromatic carbocycles. The molecule has 1 aliphatic rings. The molecule has 0 bridgehead atoms. The maximum absolute atomic E-state index is 5.51. The van der Waals surface area contributed by atoms with Crippen molar-refractivity contribution in [2.24, 2.45) is 0 Å². The van der Waals surface area contributed by atoms with E-state index < -0.39 is 0 Å². The Balaban J connectivity index is 1.34. The SMILES string of the molecule is CCOc1ccc(CN2CCN(c3cc(-n4ccnc4)ncn3)CC2)cc1. The summed E-state index contributed by atoms with van der Waals surface area (Å²) < 4.78 is 7.41. The molecule has 0 N–H and O–H groups in total. The molecule has 1 fully saturated rings. The predicted molar refractivity (Wildman–Crippen MR) is 104 cm³/mol. The van der Waals surface area contributed by atoms with Crippen molar-refractivity contribution in [1.82, 2.24) is 24.4 Å². The van der Waals surface area contributed by atoms with Gasteiger partial charge in [0.15, 0.2) is 0 Å². The van der Waals surface area contributed by atoms with Crippen molar-refractivity contribution in [3.63, 3.8) is 0 Å². The summed E-state index contributed by atoms with van der Waals surface area (Å²) in [5.41, 5.74) is 1.32. The summed E-state index contributed by atoms with van der Waals surface area (Å²) >= 11 is 0. The first-order valence-electron chi connectivity index (χ1n) is 9.31. The molecule has 0 amide bonds. The van der Waals surface area contributed by atoms with Crippen LogP contribution in [0.1, 0.15) is 12.5 Å². The number of anilines is 1. The Kier molecular flexibility index (Phi) is 5.29. The van der Waals surface area contributed by atoms with Gasteiger partial charge >= 0.3 is 0 Å². The maximum atomic E-state index is 5.51. The van der Waals surface area contributed by atoms with E-state index in [0.29, 0.717) is 6.61 Å². The van der Waals surface area contributed by atoms with Crippen molar-refractivity contribution >= 4 is 5.82 Å². The highest BCUT2D eigenvalue weighted by Gasteiger charge is 2.18. The van der Waals surface area contributed by atoms with Gasteiger partial charge in [-0.15, -0.1) is 0 Å². The van der Waals surface area contributed by atoms with Gasteiger partial charge in [-0.1, -0.05) is 12.1 Å². The smallest absolute Gasteiger partial charge is 0.143 e. The average molecular weight is 364 g/mol. The zero-order chi connectivity index (χ0) is 18.5. The Hall–Kier alpha value is -2.93. The molecule has 7 nitrogen and oxygen atoms in total. The van der Waals surface area contributed by atoms with Gasteiger partial charge in [-0.05, 0) is 24.6 Å². The number of ether oxygens (including phenoxy) is 1. The van der Waals surface area contributed by atoms with Gasteiger partial charge in [0.05, 0.1) is 6.61 Å². The molecule has 0 atom stereocenters. The van der Waals surface area contributed by atoms with Crippen LogP contribution in [0.25, 0.3) is 5.82 Å². The molecular formula is C20H24N6O. The molecule has 4 rings (SSSR count). The summed E-state index contributed by atoms with van der Waals surface area (Å²) in [6.45, 7) is 7.60. The van der Waals surface area contributed by atoms with E-state index in [0.717, 1.165) is 50.1 Å². The van der Waals surface area contributed by atoms with Gasteiger partial charge in [-0.3, -0.25) is 9.47 Å². The number of piperazine rings is 1. The third-order valence-electron chi connectivity index (χ3n) is 4.74. The third-order valence-corrected chi connectivity index (χ3v) is 4.74. The van der Waals surface area contributed by atoms with E-state index in [4.69, 9.17) is 4.74 Å². The van der Waals surface area contributed by atoms with Crippen LogP contribution < -0.4 is 9.64 Å². The lowest BCUT2D eigenvalue weighted by Crippen LogP contribution is -2.46. The Morgan fingerprint density at radius 2 is 1.78 bits per heavy atom. The molecule has 3 heterocycles. The minimum atomic E-state index is 0.701. The van der Waals surface area contributed by atoms with Gasteiger partial charge in [0.25, 0.3) is 0 Å². The van der Waals surface area contributed by atoms with Crippen molar-refractivity contribution in [3.8, 4) is 11.6 Å². The lowest BCUT2D eigenvalue weighted by Gasteiger charge is -2.35. The first kappa shape index (κ1) is 17.5. The molecular weight excluding hydrogens is 340 g/mol. The number of imidazole rings is 1. The Morgan fingerprint density at radius 1 is 1.00 bits per heavy atom. The summed E-state index contributed by atoms with van der Waals surface area (Å²) in [5.74, 6) is 2.74. The second-order valence-electron chi connectivity index (χ2n) is 6.54. The largest absolute Gasteiger partial charge is 0.494 e. The number of hydrogen-bond acceptors (Lipinski definition) is 6. The fourth-order valence-corrected chi connectivity index (χ4v) is 3.30. The second-order valence-corrected chi connectivity index (χ2v) is 6.54. The van der Waals surface area contributed by atoms with Crippen LogP contribution in [0.15, 0.2) is 55.4 Å². The number of benzene rings is 1. The molecule has 0 spiro atoms. The van der Waals surface area contributed by atoms with Crippen LogP contribution in [-0.4, -0.2) is 57.2 Å². The zero-order valence-electron chi connectivity index (χ0n) is 15.5. The van der Waals surface area contributed by atoms with E-state index >= 15 is 0 Å². The highest BCUT2D eigenvalue weighted by atomic mass is 16.5. The van der Waals surface area contributed by atoms with Crippen LogP contribution in [0.5, 0.6) is 5.75 Å². The number of hydrogen-bond donors (Lipinski definition) is 0. The van der Waals surface area contributed by atoms with E-state index in [-0.39, 0.29) is 0 Å². The first-order valence-corrected chi connectivity index (χ1v) is 9.31. The molecule has 3 aromatic rings. The summed E-state index contributed by atoms with van der Waals surface area (Å²) in [5, 5.41) is 0. The first-order chi connectivity index (χ1) is 13.3. The van der Waals surface area contributed by atoms with Crippen LogP contribution in [0.2, 0.25) is 0 Å². The Bertz CT molecular complexity index is 841. The molecule has 0 radical (unpaired) electrons. The molecule has 1 aliphatic heterocycles. The van der Waals surface area contributed by atoms with E-state index in [1.807, 2.05) is 35.9 Å². The minimum Gasteiger partial charge on any atom is -0.494 e. The lowest BCUT2D eigenvalue weighted by atomic mass is 10.2. The topological polar surface area (TPSA) is 59.3 Å². The third kappa shape index (κ3) is 4.25. The lowest BCUT2D eigenvalue weighted by molar-refractivity contribution is 0.249. The summed E-state index contributed by atoms with van der Waals surface area (Å²) in [6.07, 6.45) is 7.01. The van der Waals surface area contributed by atoms with Gasteiger partial charge in [0.1, 0.15) is 30.0 Å². The number of aromatic nitrogens is 4. The normalized spacial score (nSPS) is 15.1. The average Bonchev–Trinajstić information content (AvgIpc) is 3.25. The molecule has 0 saturated carbocycles. The molecule has 2 aromatic heterocycles. The van der Waals surface area contributed by atoms with Crippen molar-refractivity contribution in [1.29, 1.82) is 0 Å². The van der Waals surface area contributed by atoms with Crippen LogP contribution in [0, 0.1) is 0 Å². The fourth-order valence-electron chi connectivity index (χ4n) is 3.30. The fraction of sp³-hybridized carbons (Fsp3) is 0.350. The highest BCUT2D eigenvalue weighted by Crippen LogP contribution is 2.18. The quantitative estimate of drug-likeness (QED) is 0.669. The van der Waals surface area contributed by atoms with Crippen LogP contribution in [-0.2, 0) is 6.54 Å². The number of rotatable bonds is 6. The maximum Gasteiger partial charge on any atom is 0.143 e. The molecule has 1 saturated heterocycles. The van der Waals surface area contributed by atoms with Gasteiger partial charge in [0.2, 0.25) is 0 Å². The van der Waals surface area contributed by atoms with Crippen molar-refractivity contribution in [2.75, 3.05) is 37.7 Å². The highest BCUT2D eigenvalue weighted by molar-refractivity contribution is 5.44. The van der Waals surface area contributed by atoms with Crippen molar-refractivity contribution in [2.45, 2.75) is 13.5 Å². The Labute approximate surface area is 159 Å². The van der Waals surface area contributed by atoms with Crippen LogP contribution >= 0.6 is 0 Å². The summed E-state index contributed by atoms with van der Waals surface area (Å²) in [7, 11) is 0. The predicted octanol–water partition coefficient (Wildman–Crippen LogP) is 2.38. The monoisotopic (exact) mass is 364 g/mol. The summed E-state index contributed by atoms with van der Waals surface area (Å²) in [6, 6.07) is 10.4. The summed E-state index contributed by atoms with van der Waals surface area (Å²) in [4.78, 5) is 17.7. The molecule has 7 heteroatoms. The Morgan fingerprint density at radius 3 is 2.48 bits per heavy atom. The minimum absolute atomic E-state index is 0.701. The van der Waals surface area contributed by atoms with Crippen LogP contribution in [0.4, 0.5) is 5.82 Å². The van der Waals surface area contributed by atoms with Gasteiger partial charge < -0.3 is 9.64 Å². The van der Waals surface area contributed by atoms with E-state index in [1.54, 1.807) is 18.9 Å². The van der Waals surface area contributed by atoms with E-state index in [9.17, 15) is 0 Å². The molecule has 0 aliphatic carbocycles. The number of nitrogens with zero attached hydrogens (tertiary/aromatic N) is 6. The molecule has 140 valence electrons. The van der Waals surface area contributed by atoms with E-state index in [1.165, 1.54) is 5.56 Å². The molecule has 27 heavy (non-hydrogen) atoms. The standard InChI is InChI=1S/C20H24N6O/c1-2-27-18-5-3-17(4-6-18)14-24-9-11-25(12-10-24)19-13-20(23-15-22-19)26-8-7-21-16-26/h3-8,13,15-16H,2,9-12,14H2,1H3. The van der Waals surface area contributed by atoms with Gasteiger partial charge in [-0.2, -0.15) is 0 Å². The van der Waals surface area contributed by atoms with E-state index in [2.05, 4.69) is 36.9 Å². The van der Waals surface area contributed by atoms with Gasteiger partial charge in [0, 0.05) is 51.2 Å². The molecule has 0 unspecified atom stereocenters. The van der Waals surface area contributed by atoms with Crippen LogP contribution in [0.3, 0.4) is 0 Å². The second kappa shape index (κ2) is 8.18. The van der Waals surface area contributed by atoms with Crippen molar-refractivity contribution in [3.05, 3.63) is 60.9 Å².